The third kappa shape index (κ3) is 10.7. The molecule has 4 heteroatoms. The van der Waals surface area contributed by atoms with Gasteiger partial charge in [0, 0.05) is 0 Å². The van der Waals surface area contributed by atoms with Gasteiger partial charge in [-0.15, -0.1) is 0 Å². The third-order valence-electron chi connectivity index (χ3n) is 1.33. The van der Waals surface area contributed by atoms with E-state index in [1.165, 1.54) is 0 Å². The molecule has 0 saturated carbocycles. The Labute approximate surface area is 120 Å². The Bertz CT molecular complexity index is 243. The van der Waals surface area contributed by atoms with Crippen molar-refractivity contribution in [2.45, 2.75) is 0 Å². The van der Waals surface area contributed by atoms with E-state index in [9.17, 15) is 0 Å². The molecular formula is C12H12As3B. The van der Waals surface area contributed by atoms with Gasteiger partial charge in [-0.25, -0.2) is 0 Å². The predicted molar refractivity (Wildman–Crippen MR) is 78.1 cm³/mol. The van der Waals surface area contributed by atoms with Crippen molar-refractivity contribution in [1.82, 2.24) is 0 Å². The van der Waals surface area contributed by atoms with E-state index in [1.54, 1.807) is 0 Å². The van der Waals surface area contributed by atoms with Crippen molar-refractivity contribution in [2.75, 3.05) is 0 Å². The SMILES string of the molecule is [B+3].[C-]1=C[AsH]C=C1.[C-]1=C[AsH]C=C1.[C-]1=C[AsH]C=C1. The zero-order chi connectivity index (χ0) is 10.6. The average molecular weight is 392 g/mol. The van der Waals surface area contributed by atoms with Gasteiger partial charge in [-0.2, -0.15) is 0 Å². The fourth-order valence-corrected chi connectivity index (χ4v) is 3.75. The summed E-state index contributed by atoms with van der Waals surface area (Å²) in [7, 11) is 0. The van der Waals surface area contributed by atoms with Crippen LogP contribution in [0.5, 0.6) is 0 Å². The van der Waals surface area contributed by atoms with Crippen LogP contribution in [-0.4, -0.2) is 55.7 Å². The van der Waals surface area contributed by atoms with Gasteiger partial charge in [0.25, 0.3) is 0 Å². The van der Waals surface area contributed by atoms with Crippen LogP contribution >= 0.6 is 0 Å². The molecule has 3 atom stereocenters. The Balaban J connectivity index is 0.000000205. The normalized spacial score (nSPS) is 21.0. The van der Waals surface area contributed by atoms with Gasteiger partial charge in [-0.1, -0.05) is 0 Å². The zero-order valence-electron chi connectivity index (χ0n) is 8.77. The molecule has 0 radical (unpaired) electrons. The maximum absolute atomic E-state index is 2.97. The molecule has 0 bridgehead atoms. The van der Waals surface area contributed by atoms with E-state index in [0.717, 1.165) is 0 Å². The van der Waals surface area contributed by atoms with Gasteiger partial charge in [-0.05, 0) is 0 Å². The van der Waals surface area contributed by atoms with Crippen LogP contribution in [0, 0.1) is 18.2 Å². The first-order valence-corrected chi connectivity index (χ1v) is 11.7. The molecule has 16 heavy (non-hydrogen) atoms. The first-order chi connectivity index (χ1) is 7.50. The van der Waals surface area contributed by atoms with Crippen LogP contribution in [0.15, 0.2) is 47.4 Å². The van der Waals surface area contributed by atoms with Gasteiger partial charge in [0.2, 0.25) is 0 Å². The van der Waals surface area contributed by atoms with Gasteiger partial charge in [0.1, 0.15) is 0 Å². The molecule has 3 unspecified atom stereocenters. The summed E-state index contributed by atoms with van der Waals surface area (Å²) in [5, 5.41) is 0. The maximum atomic E-state index is 2.97. The molecule has 0 fully saturated rings. The third-order valence-corrected chi connectivity index (χ3v) is 5.69. The van der Waals surface area contributed by atoms with Crippen molar-refractivity contribution in [3.8, 4) is 0 Å². The van der Waals surface area contributed by atoms with Crippen molar-refractivity contribution >= 4 is 55.7 Å². The van der Waals surface area contributed by atoms with E-state index in [1.807, 2.05) is 18.2 Å². The molecule has 0 aromatic carbocycles. The van der Waals surface area contributed by atoms with Crippen molar-refractivity contribution in [3.05, 3.63) is 65.6 Å². The Morgan fingerprint density at radius 2 is 0.875 bits per heavy atom. The average Bonchev–Trinajstić information content (AvgIpc) is 3.09. The second kappa shape index (κ2) is 13.2. The van der Waals surface area contributed by atoms with E-state index in [0.29, 0.717) is 0 Å². The standard InChI is InChI=1S/3C4H4As.B/c3*1-2-4-5-3-1;/h3*1,3-5H;/q3*-1;+3. The Morgan fingerprint density at radius 1 is 0.562 bits per heavy atom. The molecule has 0 aromatic rings. The molecule has 0 saturated heterocycles. The van der Waals surface area contributed by atoms with E-state index >= 15 is 0 Å². The van der Waals surface area contributed by atoms with Crippen LogP contribution in [0.1, 0.15) is 0 Å². The fourth-order valence-electron chi connectivity index (χ4n) is 0.722. The van der Waals surface area contributed by atoms with E-state index in [2.05, 4.69) is 47.4 Å². The van der Waals surface area contributed by atoms with Gasteiger partial charge in [0.15, 0.2) is 0 Å². The molecule has 0 spiro atoms. The monoisotopic (exact) mass is 392 g/mol. The molecule has 0 aromatic heterocycles. The summed E-state index contributed by atoms with van der Waals surface area (Å²) in [6, 6.07) is 0. The van der Waals surface area contributed by atoms with Gasteiger partial charge in [0.05, 0.1) is 0 Å². The molecule has 0 nitrogen and oxygen atoms in total. The minimum atomic E-state index is 0. The van der Waals surface area contributed by atoms with Crippen molar-refractivity contribution < 1.29 is 0 Å². The van der Waals surface area contributed by atoms with E-state index < -0.39 is 0 Å². The summed E-state index contributed by atoms with van der Waals surface area (Å²) in [5.41, 5.74) is 0. The zero-order valence-corrected chi connectivity index (χ0v) is 15.1. The van der Waals surface area contributed by atoms with Crippen LogP contribution in [0.4, 0.5) is 0 Å². The number of hydrogen-bond donors (Lipinski definition) is 0. The van der Waals surface area contributed by atoms with E-state index in [-0.39, 0.29) is 55.7 Å². The van der Waals surface area contributed by atoms with Crippen LogP contribution in [0.2, 0.25) is 0 Å². The summed E-state index contributed by atoms with van der Waals surface area (Å²) in [4.78, 5) is 13.0. The fraction of sp³-hybridized carbons (Fsp3) is 0. The first kappa shape index (κ1) is 16.2. The Morgan fingerprint density at radius 3 is 0.938 bits per heavy atom. The summed E-state index contributed by atoms with van der Waals surface area (Å²) < 4.78 is 0. The first-order valence-electron chi connectivity index (χ1n) is 4.46. The summed E-state index contributed by atoms with van der Waals surface area (Å²) >= 11 is 0.667. The molecule has 0 amide bonds. The molecule has 78 valence electrons. The molecule has 3 rings (SSSR count). The molecule has 3 heterocycles. The van der Waals surface area contributed by atoms with Crippen LogP contribution < -0.4 is 0 Å². The second-order valence-electron chi connectivity index (χ2n) is 2.43. The summed E-state index contributed by atoms with van der Waals surface area (Å²) in [5.74, 6) is 0. The topological polar surface area (TPSA) is 0 Å². The molecule has 0 aliphatic carbocycles. The summed E-state index contributed by atoms with van der Waals surface area (Å²) in [6.45, 7) is 0. The molecule has 3 aliphatic rings. The predicted octanol–water partition coefficient (Wildman–Crippen LogP) is 0.420. The number of rotatable bonds is 0. The number of allylic oxidation sites excluding steroid dienone is 6. The van der Waals surface area contributed by atoms with Crippen LogP contribution in [0.3, 0.4) is 0 Å². The van der Waals surface area contributed by atoms with Crippen molar-refractivity contribution in [1.29, 1.82) is 0 Å². The minimum absolute atomic E-state index is 0. The molecule has 3 aliphatic heterocycles. The molecular weight excluding hydrogens is 380 g/mol. The van der Waals surface area contributed by atoms with Crippen LogP contribution in [0.25, 0.3) is 0 Å². The quantitative estimate of drug-likeness (QED) is 0.415. The second-order valence-corrected chi connectivity index (χ2v) is 8.45. The van der Waals surface area contributed by atoms with E-state index in [4.69, 9.17) is 0 Å². The van der Waals surface area contributed by atoms with Crippen molar-refractivity contribution in [2.24, 2.45) is 0 Å². The number of hydrogen-bond acceptors (Lipinski definition) is 0. The van der Waals surface area contributed by atoms with Gasteiger partial charge < -0.3 is 0 Å². The summed E-state index contributed by atoms with van der Waals surface area (Å²) in [6.07, 6.45) is 14.9. The molecule has 0 N–H and O–H groups in total. The Kier molecular flexibility index (Phi) is 13.4. The van der Waals surface area contributed by atoms with Crippen LogP contribution in [-0.2, 0) is 0 Å². The van der Waals surface area contributed by atoms with Gasteiger partial charge >= 0.3 is 121 Å². The Hall–Kier alpha value is 0.180. The van der Waals surface area contributed by atoms with Crippen molar-refractivity contribution in [3.63, 3.8) is 0 Å². The van der Waals surface area contributed by atoms with Gasteiger partial charge in [-0.3, -0.25) is 0 Å².